The number of ether oxygens (including phenoxy) is 1. The van der Waals surface area contributed by atoms with E-state index >= 15 is 0 Å². The van der Waals surface area contributed by atoms with Crippen molar-refractivity contribution in [1.82, 2.24) is 4.98 Å². The molecular formula is C23H21N3O3. The number of pyridine rings is 1. The number of anilines is 3. The van der Waals surface area contributed by atoms with Crippen LogP contribution in [0.25, 0.3) is 0 Å². The van der Waals surface area contributed by atoms with Gasteiger partial charge in [-0.15, -0.1) is 0 Å². The van der Waals surface area contributed by atoms with Gasteiger partial charge in [0.1, 0.15) is 5.69 Å². The number of para-hydroxylation sites is 1. The first-order valence-corrected chi connectivity index (χ1v) is 9.47. The zero-order valence-electron chi connectivity index (χ0n) is 16.1. The number of hydrogen-bond acceptors (Lipinski definition) is 5. The summed E-state index contributed by atoms with van der Waals surface area (Å²) in [5.74, 6) is -0.720. The fourth-order valence-electron chi connectivity index (χ4n) is 3.52. The molecule has 1 aliphatic rings. The highest BCUT2D eigenvalue weighted by atomic mass is 16.5. The van der Waals surface area contributed by atoms with Gasteiger partial charge in [0.2, 0.25) is 0 Å². The number of aryl methyl sites for hydroxylation is 1. The van der Waals surface area contributed by atoms with Crippen molar-refractivity contribution in [3.63, 3.8) is 0 Å². The summed E-state index contributed by atoms with van der Waals surface area (Å²) in [6.07, 6.45) is 3.78. The zero-order chi connectivity index (χ0) is 20.2. The number of carbonyl (C=O) groups is 2. The van der Waals surface area contributed by atoms with Gasteiger partial charge in [0, 0.05) is 29.8 Å². The van der Waals surface area contributed by atoms with Gasteiger partial charge in [0.25, 0.3) is 5.91 Å². The van der Waals surface area contributed by atoms with Gasteiger partial charge < -0.3 is 15.0 Å². The number of nitrogens with zero attached hydrogens (tertiary/aromatic N) is 2. The first-order chi connectivity index (χ1) is 14.2. The Balaban J connectivity index is 1.53. The predicted molar refractivity (Wildman–Crippen MR) is 112 cm³/mol. The molecule has 0 spiro atoms. The summed E-state index contributed by atoms with van der Waals surface area (Å²) in [7, 11) is 1.33. The van der Waals surface area contributed by atoms with E-state index in [0.29, 0.717) is 16.9 Å². The van der Waals surface area contributed by atoms with Crippen LogP contribution < -0.4 is 10.2 Å². The predicted octanol–water partition coefficient (Wildman–Crippen LogP) is 4.20. The van der Waals surface area contributed by atoms with Crippen LogP contribution in [0, 0.1) is 0 Å². The normalized spacial score (nSPS) is 12.8. The third-order valence-corrected chi connectivity index (χ3v) is 4.96. The number of amides is 1. The molecule has 2 aromatic carbocycles. The third kappa shape index (κ3) is 3.96. The Bertz CT molecular complexity index is 1050. The Hall–Kier alpha value is -3.67. The molecule has 1 aromatic heterocycles. The Labute approximate surface area is 169 Å². The minimum atomic E-state index is -0.418. The van der Waals surface area contributed by atoms with Crippen molar-refractivity contribution in [1.29, 1.82) is 0 Å². The van der Waals surface area contributed by atoms with Gasteiger partial charge in [-0.2, -0.15) is 0 Å². The van der Waals surface area contributed by atoms with Crippen molar-refractivity contribution in [2.45, 2.75) is 12.8 Å². The highest BCUT2D eigenvalue weighted by molar-refractivity contribution is 6.03. The SMILES string of the molecule is COC(=O)c1ccc(NC(=O)c2cc(N3CCCc4ccccc43)ccn2)cc1. The number of hydrogen-bond donors (Lipinski definition) is 1. The first kappa shape index (κ1) is 18.7. The van der Waals surface area contributed by atoms with Crippen LogP contribution in [0.2, 0.25) is 0 Å². The van der Waals surface area contributed by atoms with Crippen molar-refractivity contribution in [3.05, 3.63) is 83.7 Å². The molecule has 1 amide bonds. The molecule has 1 N–H and O–H groups in total. The lowest BCUT2D eigenvalue weighted by molar-refractivity contribution is 0.0600. The van der Waals surface area contributed by atoms with E-state index in [1.54, 1.807) is 36.5 Å². The van der Waals surface area contributed by atoms with Crippen LogP contribution in [0.1, 0.15) is 32.8 Å². The van der Waals surface area contributed by atoms with Gasteiger partial charge in [-0.05, 0) is 60.9 Å². The fraction of sp³-hybridized carbons (Fsp3) is 0.174. The fourth-order valence-corrected chi connectivity index (χ4v) is 3.52. The van der Waals surface area contributed by atoms with Crippen LogP contribution >= 0.6 is 0 Å². The molecule has 1 aliphatic heterocycles. The molecule has 0 unspecified atom stereocenters. The number of nitrogens with one attached hydrogen (secondary N) is 1. The Kier molecular flexibility index (Phi) is 5.24. The van der Waals surface area contributed by atoms with Crippen molar-refractivity contribution >= 4 is 28.9 Å². The van der Waals surface area contributed by atoms with Gasteiger partial charge in [-0.1, -0.05) is 18.2 Å². The Morgan fingerprint density at radius 1 is 1.07 bits per heavy atom. The summed E-state index contributed by atoms with van der Waals surface area (Å²) in [5, 5.41) is 2.82. The smallest absolute Gasteiger partial charge is 0.337 e. The molecule has 4 rings (SSSR count). The lowest BCUT2D eigenvalue weighted by Gasteiger charge is -2.31. The molecule has 0 radical (unpaired) electrons. The van der Waals surface area contributed by atoms with Crippen LogP contribution in [0.4, 0.5) is 17.1 Å². The lowest BCUT2D eigenvalue weighted by Crippen LogP contribution is -2.25. The summed E-state index contributed by atoms with van der Waals surface area (Å²) in [6.45, 7) is 0.900. The van der Waals surface area contributed by atoms with Gasteiger partial charge >= 0.3 is 5.97 Å². The monoisotopic (exact) mass is 387 g/mol. The Morgan fingerprint density at radius 3 is 2.66 bits per heavy atom. The molecule has 6 nitrogen and oxygen atoms in total. The quantitative estimate of drug-likeness (QED) is 0.679. The van der Waals surface area contributed by atoms with Crippen LogP contribution in [0.3, 0.4) is 0 Å². The van der Waals surface area contributed by atoms with E-state index in [2.05, 4.69) is 38.1 Å². The van der Waals surface area contributed by atoms with Crippen molar-refractivity contribution in [2.24, 2.45) is 0 Å². The topological polar surface area (TPSA) is 71.5 Å². The lowest BCUT2D eigenvalue weighted by atomic mass is 10.0. The largest absolute Gasteiger partial charge is 0.465 e. The van der Waals surface area contributed by atoms with Crippen molar-refractivity contribution in [2.75, 3.05) is 23.9 Å². The van der Waals surface area contributed by atoms with E-state index in [9.17, 15) is 9.59 Å². The van der Waals surface area contributed by atoms with Crippen LogP contribution in [-0.4, -0.2) is 30.5 Å². The molecule has 146 valence electrons. The molecule has 0 bridgehead atoms. The highest BCUT2D eigenvalue weighted by Gasteiger charge is 2.19. The zero-order valence-corrected chi connectivity index (χ0v) is 16.1. The maximum absolute atomic E-state index is 12.7. The van der Waals surface area contributed by atoms with E-state index in [0.717, 1.165) is 25.1 Å². The van der Waals surface area contributed by atoms with Crippen molar-refractivity contribution in [3.8, 4) is 0 Å². The number of fused-ring (bicyclic) bond motifs is 1. The second-order valence-electron chi connectivity index (χ2n) is 6.81. The number of benzene rings is 2. The van der Waals surface area contributed by atoms with Crippen molar-refractivity contribution < 1.29 is 14.3 Å². The Morgan fingerprint density at radius 2 is 1.86 bits per heavy atom. The number of aromatic nitrogens is 1. The molecule has 0 saturated heterocycles. The van der Waals surface area contributed by atoms with E-state index < -0.39 is 5.97 Å². The molecular weight excluding hydrogens is 366 g/mol. The summed E-state index contributed by atoms with van der Waals surface area (Å²) < 4.78 is 4.68. The summed E-state index contributed by atoms with van der Waals surface area (Å²) in [4.78, 5) is 30.7. The standard InChI is InChI=1S/C23H21N3O3/c1-29-23(28)17-8-10-18(11-9-17)25-22(27)20-15-19(12-13-24-20)26-14-4-6-16-5-2-3-7-21(16)26/h2-3,5,7-13,15H,4,6,14H2,1H3,(H,25,27). The minimum absolute atomic E-state index is 0.303. The molecule has 0 aliphatic carbocycles. The molecule has 2 heterocycles. The molecule has 6 heteroatoms. The molecule has 0 fully saturated rings. The molecule has 0 saturated carbocycles. The molecule has 3 aromatic rings. The van der Waals surface area contributed by atoms with Gasteiger partial charge in [0.05, 0.1) is 12.7 Å². The van der Waals surface area contributed by atoms with E-state index in [1.807, 2.05) is 12.1 Å². The summed E-state index contributed by atoms with van der Waals surface area (Å²) >= 11 is 0. The van der Waals surface area contributed by atoms with E-state index in [-0.39, 0.29) is 5.91 Å². The van der Waals surface area contributed by atoms with Crippen LogP contribution in [0.5, 0.6) is 0 Å². The molecule has 29 heavy (non-hydrogen) atoms. The number of methoxy groups -OCH3 is 1. The number of esters is 1. The maximum Gasteiger partial charge on any atom is 0.337 e. The van der Waals surface area contributed by atoms with Gasteiger partial charge in [0.15, 0.2) is 0 Å². The number of rotatable bonds is 4. The second-order valence-corrected chi connectivity index (χ2v) is 6.81. The van der Waals surface area contributed by atoms with Crippen LogP contribution in [-0.2, 0) is 11.2 Å². The summed E-state index contributed by atoms with van der Waals surface area (Å²) in [6, 6.07) is 18.6. The van der Waals surface area contributed by atoms with E-state index in [4.69, 9.17) is 0 Å². The third-order valence-electron chi connectivity index (χ3n) is 4.96. The maximum atomic E-state index is 12.7. The average molecular weight is 387 g/mol. The van der Waals surface area contributed by atoms with Crippen LogP contribution in [0.15, 0.2) is 66.9 Å². The minimum Gasteiger partial charge on any atom is -0.465 e. The highest BCUT2D eigenvalue weighted by Crippen LogP contribution is 2.33. The summed E-state index contributed by atoms with van der Waals surface area (Å²) in [5.41, 5.74) is 4.77. The first-order valence-electron chi connectivity index (χ1n) is 9.47. The second kappa shape index (κ2) is 8.14. The van der Waals surface area contributed by atoms with E-state index in [1.165, 1.54) is 18.4 Å². The number of carbonyl (C=O) groups excluding carboxylic acids is 2. The van der Waals surface area contributed by atoms with Gasteiger partial charge in [-0.3, -0.25) is 9.78 Å². The van der Waals surface area contributed by atoms with Gasteiger partial charge in [-0.25, -0.2) is 4.79 Å². The average Bonchev–Trinajstić information content (AvgIpc) is 2.78. The molecule has 0 atom stereocenters.